The van der Waals surface area contributed by atoms with Crippen molar-refractivity contribution in [3.05, 3.63) is 47.9 Å². The van der Waals surface area contributed by atoms with Crippen LogP contribution in [0.3, 0.4) is 0 Å². The number of carbonyl (C=O) groups excluding carboxylic acids is 1. The quantitative estimate of drug-likeness (QED) is 0.737. The van der Waals surface area contributed by atoms with E-state index >= 15 is 0 Å². The van der Waals surface area contributed by atoms with Crippen molar-refractivity contribution in [3.63, 3.8) is 0 Å². The minimum absolute atomic E-state index is 0.0151. The first-order chi connectivity index (χ1) is 13.6. The first-order valence-electron chi connectivity index (χ1n) is 9.52. The van der Waals surface area contributed by atoms with Crippen LogP contribution in [0.15, 0.2) is 36.7 Å². The van der Waals surface area contributed by atoms with Gasteiger partial charge in [-0.25, -0.2) is 9.97 Å². The molecule has 4 rings (SSSR count). The van der Waals surface area contributed by atoms with Crippen molar-refractivity contribution in [2.45, 2.75) is 25.8 Å². The number of fused-ring (bicyclic) bond motifs is 1. The summed E-state index contributed by atoms with van der Waals surface area (Å²) in [4.78, 5) is 23.9. The lowest BCUT2D eigenvalue weighted by molar-refractivity contribution is 0.0622. The maximum absolute atomic E-state index is 13.2. The van der Waals surface area contributed by atoms with E-state index in [0.717, 1.165) is 36.1 Å². The lowest BCUT2D eigenvalue weighted by Crippen LogP contribution is -2.38. The molecule has 0 spiro atoms. The van der Waals surface area contributed by atoms with Crippen LogP contribution in [0.25, 0.3) is 11.0 Å². The van der Waals surface area contributed by atoms with Gasteiger partial charge >= 0.3 is 0 Å². The summed E-state index contributed by atoms with van der Waals surface area (Å²) in [6.45, 7) is 3.38. The van der Waals surface area contributed by atoms with Crippen molar-refractivity contribution in [1.82, 2.24) is 19.4 Å². The predicted molar refractivity (Wildman–Crippen MR) is 109 cm³/mol. The molecule has 1 aliphatic rings. The van der Waals surface area contributed by atoms with Crippen molar-refractivity contribution < 1.29 is 9.53 Å². The highest BCUT2D eigenvalue weighted by molar-refractivity contribution is 6.01. The fourth-order valence-electron chi connectivity index (χ4n) is 3.83. The summed E-state index contributed by atoms with van der Waals surface area (Å²) in [7, 11) is 3.55. The van der Waals surface area contributed by atoms with Crippen molar-refractivity contribution in [2.24, 2.45) is 7.05 Å². The molecule has 3 heterocycles. The van der Waals surface area contributed by atoms with Crippen molar-refractivity contribution >= 4 is 28.4 Å². The zero-order valence-electron chi connectivity index (χ0n) is 16.5. The highest BCUT2D eigenvalue weighted by Crippen LogP contribution is 2.28. The van der Waals surface area contributed by atoms with Gasteiger partial charge in [-0.15, -0.1) is 0 Å². The molecule has 3 aromatic rings. The number of rotatable bonds is 5. The number of methoxy groups -OCH3 is 1. The number of aryl methyl sites for hydroxylation is 2. The molecule has 1 N–H and O–H groups in total. The molecule has 1 saturated heterocycles. The van der Waals surface area contributed by atoms with E-state index < -0.39 is 0 Å². The molecule has 0 unspecified atom stereocenters. The van der Waals surface area contributed by atoms with E-state index in [1.807, 2.05) is 46.8 Å². The van der Waals surface area contributed by atoms with Gasteiger partial charge in [-0.2, -0.15) is 0 Å². The highest BCUT2D eigenvalue weighted by Gasteiger charge is 2.31. The van der Waals surface area contributed by atoms with E-state index in [9.17, 15) is 4.79 Å². The Morgan fingerprint density at radius 3 is 2.82 bits per heavy atom. The van der Waals surface area contributed by atoms with Crippen LogP contribution >= 0.6 is 0 Å². The Kier molecular flexibility index (Phi) is 5.00. The minimum Gasteiger partial charge on any atom is -0.383 e. The Balaban J connectivity index is 1.68. The topological polar surface area (TPSA) is 72.3 Å². The van der Waals surface area contributed by atoms with Gasteiger partial charge < -0.3 is 19.5 Å². The third-order valence-electron chi connectivity index (χ3n) is 5.35. The molecule has 0 aliphatic carbocycles. The van der Waals surface area contributed by atoms with Gasteiger partial charge in [0.2, 0.25) is 0 Å². The van der Waals surface area contributed by atoms with Gasteiger partial charge in [0, 0.05) is 26.4 Å². The Morgan fingerprint density at radius 1 is 1.29 bits per heavy atom. The number of anilines is 2. The normalized spacial score (nSPS) is 16.7. The number of aromatic nitrogens is 3. The van der Waals surface area contributed by atoms with Crippen molar-refractivity contribution in [2.75, 3.05) is 25.6 Å². The summed E-state index contributed by atoms with van der Waals surface area (Å²) in [6, 6.07) is 10.1. The summed E-state index contributed by atoms with van der Waals surface area (Å²) < 4.78 is 7.14. The van der Waals surface area contributed by atoms with Gasteiger partial charge in [-0.3, -0.25) is 4.79 Å². The molecule has 2 aromatic heterocycles. The molecule has 0 saturated carbocycles. The van der Waals surface area contributed by atoms with Crippen LogP contribution in [0.5, 0.6) is 0 Å². The molecule has 1 aliphatic heterocycles. The fourth-order valence-corrected chi connectivity index (χ4v) is 3.83. The third-order valence-corrected chi connectivity index (χ3v) is 5.35. The molecule has 1 atom stereocenters. The van der Waals surface area contributed by atoms with Crippen LogP contribution in [-0.2, 0) is 11.8 Å². The molecule has 28 heavy (non-hydrogen) atoms. The highest BCUT2D eigenvalue weighted by atomic mass is 16.5. The maximum Gasteiger partial charge on any atom is 0.270 e. The van der Waals surface area contributed by atoms with E-state index in [1.54, 1.807) is 7.11 Å². The van der Waals surface area contributed by atoms with Crippen LogP contribution in [-0.4, -0.2) is 51.6 Å². The Labute approximate surface area is 164 Å². The zero-order chi connectivity index (χ0) is 19.7. The summed E-state index contributed by atoms with van der Waals surface area (Å²) in [5.41, 5.74) is 3.49. The molecule has 1 amide bonds. The summed E-state index contributed by atoms with van der Waals surface area (Å²) in [6.07, 6.45) is 3.50. The van der Waals surface area contributed by atoms with E-state index in [0.29, 0.717) is 18.1 Å². The van der Waals surface area contributed by atoms with E-state index in [2.05, 4.69) is 22.2 Å². The van der Waals surface area contributed by atoms with Gasteiger partial charge in [0.05, 0.1) is 18.0 Å². The largest absolute Gasteiger partial charge is 0.383 e. The number of benzene rings is 1. The molecular weight excluding hydrogens is 354 g/mol. The average molecular weight is 379 g/mol. The van der Waals surface area contributed by atoms with Crippen molar-refractivity contribution in [3.8, 4) is 0 Å². The number of likely N-dealkylation sites (tertiary alicyclic amines) is 1. The predicted octanol–water partition coefficient (Wildman–Crippen LogP) is 3.27. The van der Waals surface area contributed by atoms with Gasteiger partial charge in [0.15, 0.2) is 0 Å². The Morgan fingerprint density at radius 2 is 2.07 bits per heavy atom. The second-order valence-corrected chi connectivity index (χ2v) is 7.29. The van der Waals surface area contributed by atoms with Gasteiger partial charge in [-0.05, 0) is 38.0 Å². The molecular formula is C21H25N5O2. The van der Waals surface area contributed by atoms with Gasteiger partial charge in [-0.1, -0.05) is 17.7 Å². The number of amides is 1. The smallest absolute Gasteiger partial charge is 0.270 e. The number of carbonyl (C=O) groups is 1. The Bertz CT molecular complexity index is 996. The SMILES string of the molecule is COC[C@H]1CCCN1C(=O)c1cc2c(Nc3ccc(C)cc3)ncnc2n1C. The number of ether oxygens (including phenoxy) is 1. The van der Waals surface area contributed by atoms with Crippen molar-refractivity contribution in [1.29, 1.82) is 0 Å². The Hall–Kier alpha value is -2.93. The van der Waals surface area contributed by atoms with E-state index in [4.69, 9.17) is 4.74 Å². The lowest BCUT2D eigenvalue weighted by atomic mass is 10.2. The zero-order valence-corrected chi connectivity index (χ0v) is 16.5. The second kappa shape index (κ2) is 7.59. The molecule has 7 nitrogen and oxygen atoms in total. The minimum atomic E-state index is 0.0151. The van der Waals surface area contributed by atoms with Crippen LogP contribution in [0, 0.1) is 6.92 Å². The van der Waals surface area contributed by atoms with Crippen LogP contribution < -0.4 is 5.32 Å². The van der Waals surface area contributed by atoms with Gasteiger partial charge in [0.1, 0.15) is 23.5 Å². The molecule has 0 bridgehead atoms. The monoisotopic (exact) mass is 379 g/mol. The van der Waals surface area contributed by atoms with E-state index in [1.165, 1.54) is 11.9 Å². The van der Waals surface area contributed by atoms with Crippen LogP contribution in [0.1, 0.15) is 28.9 Å². The van der Waals surface area contributed by atoms with E-state index in [-0.39, 0.29) is 11.9 Å². The summed E-state index contributed by atoms with van der Waals surface area (Å²) in [5.74, 6) is 0.708. The first-order valence-corrected chi connectivity index (χ1v) is 9.52. The molecule has 1 fully saturated rings. The average Bonchev–Trinajstić information content (AvgIpc) is 3.29. The summed E-state index contributed by atoms with van der Waals surface area (Å²) in [5, 5.41) is 4.17. The second-order valence-electron chi connectivity index (χ2n) is 7.29. The van der Waals surface area contributed by atoms with Gasteiger partial charge in [0.25, 0.3) is 5.91 Å². The number of nitrogens with one attached hydrogen (secondary N) is 1. The number of hydrogen-bond donors (Lipinski definition) is 1. The third kappa shape index (κ3) is 3.33. The van der Waals surface area contributed by atoms with Crippen LogP contribution in [0.2, 0.25) is 0 Å². The molecule has 7 heteroatoms. The lowest BCUT2D eigenvalue weighted by Gasteiger charge is -2.24. The standard InChI is InChI=1S/C21H25N5O2/c1-14-6-8-15(9-7-14)24-19-17-11-18(25(2)20(17)23-13-22-19)21(27)26-10-4-5-16(26)12-28-3/h6-9,11,13,16H,4-5,10,12H2,1-3H3,(H,22,23,24)/t16-/m1/s1. The first kappa shape index (κ1) is 18.4. The molecule has 0 radical (unpaired) electrons. The molecule has 1 aromatic carbocycles. The number of nitrogens with zero attached hydrogens (tertiary/aromatic N) is 4. The van der Waals surface area contributed by atoms with Crippen LogP contribution in [0.4, 0.5) is 11.5 Å². The maximum atomic E-state index is 13.2. The number of hydrogen-bond acceptors (Lipinski definition) is 5. The molecule has 146 valence electrons. The fraction of sp³-hybridized carbons (Fsp3) is 0.381. The summed E-state index contributed by atoms with van der Waals surface area (Å²) >= 11 is 0.